The van der Waals surface area contributed by atoms with E-state index in [1.165, 1.54) is 0 Å². The van der Waals surface area contributed by atoms with Gasteiger partial charge in [-0.1, -0.05) is 11.3 Å². The molecule has 1 unspecified atom stereocenters. The first kappa shape index (κ1) is 18.3. The molecule has 0 saturated carbocycles. The fourth-order valence-electron chi connectivity index (χ4n) is 3.10. The molecule has 1 aliphatic heterocycles. The number of aliphatic hydroxyl groups excluding tert-OH is 1. The minimum absolute atomic E-state index is 0. The van der Waals surface area contributed by atoms with Crippen molar-refractivity contribution in [2.45, 2.75) is 25.9 Å². The minimum atomic E-state index is -0.633. The van der Waals surface area contributed by atoms with Crippen LogP contribution in [0.1, 0.15) is 51.6 Å². The predicted octanol–water partition coefficient (Wildman–Crippen LogP) is 0.592. The average Bonchev–Trinajstić information content (AvgIpc) is 3.03. The van der Waals surface area contributed by atoms with Gasteiger partial charge >= 0.3 is 0 Å². The van der Waals surface area contributed by atoms with Crippen LogP contribution in [0.15, 0.2) is 11.3 Å². The van der Waals surface area contributed by atoms with Crippen LogP contribution in [-0.2, 0) is 6.42 Å². The van der Waals surface area contributed by atoms with E-state index >= 15 is 0 Å². The fraction of sp³-hybridized carbons (Fsp3) is 0.429. The molecule has 0 amide bonds. The summed E-state index contributed by atoms with van der Waals surface area (Å²) in [5.41, 5.74) is 3.04. The molecule has 2 aliphatic carbocycles. The Labute approximate surface area is 194 Å². The van der Waals surface area contributed by atoms with Gasteiger partial charge in [0.15, 0.2) is 5.78 Å². The molecule has 4 rings (SSSR count). The Morgan fingerprint density at radius 3 is 2.48 bits per heavy atom. The second-order valence-corrected chi connectivity index (χ2v) is 5.37. The van der Waals surface area contributed by atoms with Gasteiger partial charge in [0.2, 0.25) is 5.78 Å². The summed E-state index contributed by atoms with van der Waals surface area (Å²) in [4.78, 5) is 31.1. The number of rotatable bonds is 1. The maximum Gasteiger partial charge on any atom is 0.208 e. The van der Waals surface area contributed by atoms with Crippen LogP contribution in [-0.4, -0.2) is 34.7 Å². The first-order valence-electron chi connectivity index (χ1n) is 6.52. The number of allylic oxidation sites excluding steroid dienone is 2. The normalized spacial score (nSPS) is 22.6. The van der Waals surface area contributed by atoms with Gasteiger partial charge in [-0.05, 0) is 19.8 Å². The maximum absolute atomic E-state index is 12.6. The molecule has 1 fully saturated rings. The van der Waals surface area contributed by atoms with Crippen LogP contribution in [0.5, 0.6) is 0 Å². The molecule has 21 heavy (non-hydrogen) atoms. The van der Waals surface area contributed by atoms with Gasteiger partial charge < -0.3 is 15.0 Å². The van der Waals surface area contributed by atoms with Crippen LogP contribution in [0.25, 0.3) is 0 Å². The largest absolute Gasteiger partial charge is 0.655 e. The number of carbonyl (C=O) groups is 2. The van der Waals surface area contributed by atoms with E-state index < -0.39 is 6.10 Å². The molecular formula is C14H13Ac2N2O3-. The molecule has 104 valence electrons. The number of hydrogen-bond donors (Lipinski definition) is 1. The van der Waals surface area contributed by atoms with E-state index in [1.54, 1.807) is 6.92 Å². The van der Waals surface area contributed by atoms with E-state index in [4.69, 9.17) is 0 Å². The van der Waals surface area contributed by atoms with Gasteiger partial charge in [-0.15, -0.1) is 5.69 Å². The van der Waals surface area contributed by atoms with Crippen molar-refractivity contribution in [1.29, 1.82) is 0 Å². The van der Waals surface area contributed by atoms with Gasteiger partial charge in [-0.2, -0.15) is 0 Å². The number of carbonyl (C=O) groups excluding carboxylic acids is 2. The molecule has 2 radical (unpaired) electrons. The van der Waals surface area contributed by atoms with Crippen LogP contribution < -0.4 is 4.98 Å². The first-order chi connectivity index (χ1) is 9.09. The van der Waals surface area contributed by atoms with Crippen molar-refractivity contribution < 1.29 is 103 Å². The van der Waals surface area contributed by atoms with E-state index in [-0.39, 0.29) is 105 Å². The zero-order valence-corrected chi connectivity index (χ0v) is 21.2. The number of nitrogens with zero attached hydrogens (tertiary/aromatic N) is 2. The maximum atomic E-state index is 12.6. The van der Waals surface area contributed by atoms with Gasteiger partial charge in [0.05, 0.1) is 11.8 Å². The van der Waals surface area contributed by atoms with Crippen molar-refractivity contribution in [2.24, 2.45) is 0 Å². The molecular weight excluding hydrogens is 698 g/mol. The first-order valence-corrected chi connectivity index (χ1v) is 6.52. The van der Waals surface area contributed by atoms with Crippen molar-refractivity contribution in [3.05, 3.63) is 33.8 Å². The Kier molecular flexibility index (Phi) is 5.66. The third kappa shape index (κ3) is 2.70. The van der Waals surface area contributed by atoms with Crippen LogP contribution in [0, 0.1) is 88.1 Å². The third-order valence-electron chi connectivity index (χ3n) is 4.18. The van der Waals surface area contributed by atoms with Crippen LogP contribution in [0.2, 0.25) is 0 Å². The molecule has 1 saturated heterocycles. The Morgan fingerprint density at radius 1 is 1.19 bits per heavy atom. The zero-order chi connectivity index (χ0) is 13.3. The molecule has 0 spiro atoms. The summed E-state index contributed by atoms with van der Waals surface area (Å²) < 4.78 is 0. The van der Waals surface area contributed by atoms with Crippen molar-refractivity contribution >= 4 is 11.6 Å². The summed E-state index contributed by atoms with van der Waals surface area (Å²) in [5.74, 6) is -0.259. The third-order valence-corrected chi connectivity index (χ3v) is 4.18. The Bertz CT molecular complexity index is 674. The number of fused-ring (bicyclic) bond motifs is 3. The van der Waals surface area contributed by atoms with Gasteiger partial charge in [-0.25, -0.2) is 0 Å². The second-order valence-electron chi connectivity index (χ2n) is 5.37. The van der Waals surface area contributed by atoms with Crippen molar-refractivity contribution in [3.63, 3.8) is 0 Å². The molecule has 2 heterocycles. The molecule has 3 aliphatic rings. The zero-order valence-electron chi connectivity index (χ0n) is 11.7. The monoisotopic (exact) mass is 711 g/mol. The standard InChI is InChI=1S/C14H14N2O3.2Ac/c1-6-12(16-4-5-16)14(19)9-7-2-3-8(17)10(7)15-11(9)13(6)18;;/h8,17H,2-5H2,1H3,(H,15,18,19);;/p-1. The van der Waals surface area contributed by atoms with Gasteiger partial charge in [0.1, 0.15) is 0 Å². The van der Waals surface area contributed by atoms with E-state index in [1.807, 2.05) is 4.90 Å². The predicted molar refractivity (Wildman–Crippen MR) is 66.0 cm³/mol. The van der Waals surface area contributed by atoms with Crippen LogP contribution >= 0.6 is 0 Å². The number of hydrogen-bond acceptors (Lipinski definition) is 4. The van der Waals surface area contributed by atoms with Gasteiger partial charge in [0.25, 0.3) is 0 Å². The second kappa shape index (κ2) is 6.48. The van der Waals surface area contributed by atoms with Crippen LogP contribution in [0.3, 0.4) is 0 Å². The topological polar surface area (TPSA) is 71.5 Å². The van der Waals surface area contributed by atoms with Gasteiger partial charge in [-0.3, -0.25) is 9.59 Å². The van der Waals surface area contributed by atoms with Crippen molar-refractivity contribution in [3.8, 4) is 0 Å². The molecule has 1 aromatic rings. The van der Waals surface area contributed by atoms with Crippen molar-refractivity contribution in [2.75, 3.05) is 13.1 Å². The summed E-state index contributed by atoms with van der Waals surface area (Å²) in [5, 5.41) is 9.85. The quantitative estimate of drug-likeness (QED) is 0.433. The fourth-order valence-corrected chi connectivity index (χ4v) is 3.10. The molecule has 7 heteroatoms. The summed E-state index contributed by atoms with van der Waals surface area (Å²) in [6.07, 6.45) is 0.587. The Hall–Kier alpha value is 1.00. The summed E-state index contributed by atoms with van der Waals surface area (Å²) in [6, 6.07) is 0. The molecule has 0 aromatic carbocycles. The molecule has 1 atom stereocenters. The van der Waals surface area contributed by atoms with E-state index in [0.717, 1.165) is 18.7 Å². The average molecular weight is 711 g/mol. The SMILES string of the molecule is CC1=C(N2CC2)C(=O)c2c([n-]c3c2CCC3O)C1=O.[Ac].[Ac]. The van der Waals surface area contributed by atoms with E-state index in [0.29, 0.717) is 35.4 Å². The van der Waals surface area contributed by atoms with Crippen LogP contribution in [0.4, 0.5) is 0 Å². The summed E-state index contributed by atoms with van der Waals surface area (Å²) in [7, 11) is 0. The summed E-state index contributed by atoms with van der Waals surface area (Å²) in [6.45, 7) is 3.35. The molecule has 1 N–H and O–H groups in total. The van der Waals surface area contributed by atoms with Gasteiger partial charge in [0, 0.05) is 112 Å². The van der Waals surface area contributed by atoms with Crippen molar-refractivity contribution in [1.82, 2.24) is 9.88 Å². The molecule has 5 nitrogen and oxygen atoms in total. The molecule has 0 bridgehead atoms. The smallest absolute Gasteiger partial charge is 0.208 e. The minimum Gasteiger partial charge on any atom is -0.655 e. The number of ketones is 2. The number of aliphatic hydroxyl groups is 1. The number of Topliss-reactive ketones (excluding diaryl/α,β-unsaturated/α-hetero) is 2. The summed E-state index contributed by atoms with van der Waals surface area (Å²) >= 11 is 0. The molecule has 1 aromatic heterocycles. The Balaban J connectivity index is 0.000000807. The van der Waals surface area contributed by atoms with E-state index in [9.17, 15) is 14.7 Å². The Morgan fingerprint density at radius 2 is 1.86 bits per heavy atom. The van der Waals surface area contributed by atoms with E-state index in [2.05, 4.69) is 4.98 Å². The number of aromatic nitrogens is 1.